The maximum atomic E-state index is 7.89. The molecule has 0 amide bonds. The van der Waals surface area contributed by atoms with Crippen LogP contribution < -0.4 is 5.73 Å². The fraction of sp³-hybridized carbons (Fsp3) is 1.00. The number of aliphatic hydroxyl groups is 4. The van der Waals surface area contributed by atoms with Gasteiger partial charge in [-0.3, -0.25) is 0 Å². The third-order valence-electron chi connectivity index (χ3n) is 0.287. The standard InChI is InChI=1S/C2H7NO2.C2H6O2/c3-2(5)1-4;3-1-2-4/h2,4-5H,1,3H2;3-4H,1-2H2. The first kappa shape index (κ1) is 11.6. The van der Waals surface area contributed by atoms with Gasteiger partial charge in [-0.05, 0) is 0 Å². The Labute approximate surface area is 53.4 Å². The van der Waals surface area contributed by atoms with E-state index in [0.29, 0.717) is 0 Å². The van der Waals surface area contributed by atoms with Gasteiger partial charge in [-0.2, -0.15) is 0 Å². The van der Waals surface area contributed by atoms with Crippen LogP contribution in [0.25, 0.3) is 0 Å². The molecule has 6 N–H and O–H groups in total. The van der Waals surface area contributed by atoms with Gasteiger partial charge >= 0.3 is 0 Å². The molecule has 0 heterocycles. The van der Waals surface area contributed by atoms with Gasteiger partial charge < -0.3 is 26.2 Å². The number of aliphatic hydroxyl groups excluding tert-OH is 4. The topological polar surface area (TPSA) is 107 Å². The van der Waals surface area contributed by atoms with Crippen LogP contribution in [-0.2, 0) is 0 Å². The van der Waals surface area contributed by atoms with Crippen LogP contribution >= 0.6 is 0 Å². The SMILES string of the molecule is NC(O)CO.OCCO. The zero-order valence-corrected chi connectivity index (χ0v) is 5.06. The molecule has 58 valence electrons. The minimum absolute atomic E-state index is 0.125. The quantitative estimate of drug-likeness (QED) is 0.266. The van der Waals surface area contributed by atoms with Crippen molar-refractivity contribution in [1.82, 2.24) is 0 Å². The highest BCUT2D eigenvalue weighted by Gasteiger charge is 1.83. The van der Waals surface area contributed by atoms with Crippen LogP contribution in [0.3, 0.4) is 0 Å². The molecule has 1 atom stereocenters. The van der Waals surface area contributed by atoms with Gasteiger partial charge in [0.25, 0.3) is 0 Å². The number of nitrogens with two attached hydrogens (primary N) is 1. The molecule has 0 aromatic carbocycles. The highest BCUT2D eigenvalue weighted by atomic mass is 16.3. The largest absolute Gasteiger partial charge is 0.394 e. The molecule has 0 saturated carbocycles. The first-order chi connectivity index (χ1) is 4.18. The molecule has 5 nitrogen and oxygen atoms in total. The second kappa shape index (κ2) is 10.7. The van der Waals surface area contributed by atoms with Gasteiger partial charge in [0, 0.05) is 0 Å². The number of hydrogen-bond acceptors (Lipinski definition) is 5. The minimum atomic E-state index is -1.06. The van der Waals surface area contributed by atoms with E-state index >= 15 is 0 Å². The summed E-state index contributed by atoms with van der Waals surface area (Å²) in [6.45, 7) is -0.611. The summed E-state index contributed by atoms with van der Waals surface area (Å²) in [7, 11) is 0. The molecule has 0 fully saturated rings. The van der Waals surface area contributed by atoms with Gasteiger partial charge in [0.15, 0.2) is 0 Å². The molecule has 0 spiro atoms. The molecule has 0 bridgehead atoms. The molecule has 0 radical (unpaired) electrons. The van der Waals surface area contributed by atoms with Crippen LogP contribution in [0, 0.1) is 0 Å². The van der Waals surface area contributed by atoms with Crippen molar-refractivity contribution >= 4 is 0 Å². The molecule has 0 aliphatic rings. The lowest BCUT2D eigenvalue weighted by molar-refractivity contribution is 0.101. The first-order valence-corrected chi connectivity index (χ1v) is 2.45. The second-order valence-corrected chi connectivity index (χ2v) is 1.20. The van der Waals surface area contributed by atoms with Gasteiger partial charge in [0.05, 0.1) is 19.8 Å². The maximum Gasteiger partial charge on any atom is 0.125 e. The normalized spacial score (nSPS) is 11.7. The Hall–Kier alpha value is -0.200. The highest BCUT2D eigenvalue weighted by molar-refractivity contribution is 4.30. The summed E-state index contributed by atoms with van der Waals surface area (Å²) < 4.78 is 0. The van der Waals surface area contributed by atoms with Gasteiger partial charge in [-0.15, -0.1) is 0 Å². The maximum absolute atomic E-state index is 7.89. The van der Waals surface area contributed by atoms with Gasteiger partial charge in [-0.25, -0.2) is 0 Å². The first-order valence-electron chi connectivity index (χ1n) is 2.45. The van der Waals surface area contributed by atoms with Crippen LogP contribution in [0.5, 0.6) is 0 Å². The van der Waals surface area contributed by atoms with Crippen LogP contribution in [-0.4, -0.2) is 46.5 Å². The molecule has 0 rings (SSSR count). The third-order valence-corrected chi connectivity index (χ3v) is 0.287. The highest BCUT2D eigenvalue weighted by Crippen LogP contribution is 1.55. The summed E-state index contributed by atoms with van der Waals surface area (Å²) in [6.07, 6.45) is -1.06. The number of hydrogen-bond donors (Lipinski definition) is 5. The molecule has 5 heteroatoms. The lowest BCUT2D eigenvalue weighted by Crippen LogP contribution is -2.22. The van der Waals surface area contributed by atoms with Crippen molar-refractivity contribution < 1.29 is 20.4 Å². The summed E-state index contributed by atoms with van der Waals surface area (Å²) in [5.41, 5.74) is 4.60. The Balaban J connectivity index is 0. The molecule has 0 aromatic heterocycles. The summed E-state index contributed by atoms with van der Waals surface area (Å²) in [5.74, 6) is 0. The molecule has 0 saturated heterocycles. The van der Waals surface area contributed by atoms with E-state index in [-0.39, 0.29) is 19.8 Å². The summed E-state index contributed by atoms with van der Waals surface area (Å²) in [5, 5.41) is 30.9. The zero-order valence-electron chi connectivity index (χ0n) is 5.06. The molecular formula is C4H13NO4. The average molecular weight is 139 g/mol. The van der Waals surface area contributed by atoms with Crippen molar-refractivity contribution in [3.8, 4) is 0 Å². The smallest absolute Gasteiger partial charge is 0.125 e. The van der Waals surface area contributed by atoms with Gasteiger partial charge in [-0.1, -0.05) is 0 Å². The Morgan fingerprint density at radius 1 is 1.11 bits per heavy atom. The summed E-state index contributed by atoms with van der Waals surface area (Å²) in [6, 6.07) is 0. The predicted octanol–water partition coefficient (Wildman–Crippen LogP) is -2.77. The molecule has 1 unspecified atom stereocenters. The summed E-state index contributed by atoms with van der Waals surface area (Å²) in [4.78, 5) is 0. The van der Waals surface area contributed by atoms with Gasteiger partial charge in [0.2, 0.25) is 0 Å². The third kappa shape index (κ3) is 33.5. The van der Waals surface area contributed by atoms with E-state index in [0.717, 1.165) is 0 Å². The van der Waals surface area contributed by atoms with Crippen LogP contribution in [0.4, 0.5) is 0 Å². The van der Waals surface area contributed by atoms with Crippen LogP contribution in [0.1, 0.15) is 0 Å². The van der Waals surface area contributed by atoms with Crippen molar-refractivity contribution in [3.05, 3.63) is 0 Å². The monoisotopic (exact) mass is 139 g/mol. The Morgan fingerprint density at radius 3 is 1.33 bits per heavy atom. The lowest BCUT2D eigenvalue weighted by atomic mass is 10.7. The lowest BCUT2D eigenvalue weighted by Gasteiger charge is -1.91. The van der Waals surface area contributed by atoms with E-state index in [1.165, 1.54) is 0 Å². The van der Waals surface area contributed by atoms with Crippen molar-refractivity contribution in [1.29, 1.82) is 0 Å². The molecule has 0 aliphatic heterocycles. The van der Waals surface area contributed by atoms with E-state index < -0.39 is 6.23 Å². The molecular weight excluding hydrogens is 126 g/mol. The van der Waals surface area contributed by atoms with E-state index in [2.05, 4.69) is 5.73 Å². The van der Waals surface area contributed by atoms with Crippen molar-refractivity contribution in [2.45, 2.75) is 6.23 Å². The summed E-state index contributed by atoms with van der Waals surface area (Å²) >= 11 is 0. The fourth-order valence-corrected chi connectivity index (χ4v) is 0. The predicted molar refractivity (Wildman–Crippen MR) is 31.5 cm³/mol. The van der Waals surface area contributed by atoms with Crippen molar-refractivity contribution in [3.63, 3.8) is 0 Å². The fourth-order valence-electron chi connectivity index (χ4n) is 0. The van der Waals surface area contributed by atoms with Crippen LogP contribution in [0.15, 0.2) is 0 Å². The molecule has 9 heavy (non-hydrogen) atoms. The van der Waals surface area contributed by atoms with Crippen LogP contribution in [0.2, 0.25) is 0 Å². The van der Waals surface area contributed by atoms with E-state index in [9.17, 15) is 0 Å². The average Bonchev–Trinajstić information content (AvgIpc) is 1.89. The Morgan fingerprint density at radius 2 is 1.33 bits per heavy atom. The Kier molecular flexibility index (Phi) is 13.8. The van der Waals surface area contributed by atoms with Crippen molar-refractivity contribution in [2.24, 2.45) is 5.73 Å². The molecule has 0 aromatic rings. The van der Waals surface area contributed by atoms with E-state index in [1.54, 1.807) is 0 Å². The van der Waals surface area contributed by atoms with Gasteiger partial charge in [0.1, 0.15) is 6.23 Å². The second-order valence-electron chi connectivity index (χ2n) is 1.20. The van der Waals surface area contributed by atoms with E-state index in [4.69, 9.17) is 20.4 Å². The Bertz CT molecular complexity index is 39.5. The van der Waals surface area contributed by atoms with E-state index in [1.807, 2.05) is 0 Å². The number of rotatable bonds is 2. The minimum Gasteiger partial charge on any atom is -0.394 e. The molecule has 0 aliphatic carbocycles. The van der Waals surface area contributed by atoms with Crippen molar-refractivity contribution in [2.75, 3.05) is 19.8 Å². The zero-order chi connectivity index (χ0) is 7.70.